The predicted molar refractivity (Wildman–Crippen MR) is 80.9 cm³/mol. The normalized spacial score (nSPS) is 17.6. The highest BCUT2D eigenvalue weighted by atomic mass is 35.5. The van der Waals surface area contributed by atoms with Crippen LogP contribution >= 0.6 is 11.6 Å². The first-order valence-corrected chi connectivity index (χ1v) is 7.19. The van der Waals surface area contributed by atoms with E-state index < -0.39 is 5.97 Å². The Morgan fingerprint density at radius 2 is 2.05 bits per heavy atom. The summed E-state index contributed by atoms with van der Waals surface area (Å²) in [5.74, 6) is -0.926. The minimum Gasteiger partial charge on any atom is -0.481 e. The summed E-state index contributed by atoms with van der Waals surface area (Å²) in [5.41, 5.74) is 1.08. The van der Waals surface area contributed by atoms with E-state index in [2.05, 4.69) is 15.5 Å². The molecular formula is C14H18ClN3O3. The summed E-state index contributed by atoms with van der Waals surface area (Å²) >= 11 is 5.86. The number of aliphatic carboxylic acids is 1. The van der Waals surface area contributed by atoms with Crippen LogP contribution < -0.4 is 15.5 Å². The Labute approximate surface area is 128 Å². The molecule has 1 atom stereocenters. The van der Waals surface area contributed by atoms with E-state index in [4.69, 9.17) is 16.7 Å². The molecule has 0 aliphatic carbocycles. The number of halogens is 1. The number of carbonyl (C=O) groups excluding carboxylic acids is 1. The number of nitrogens with zero attached hydrogens (tertiary/aromatic N) is 1. The number of hydrogen-bond donors (Lipinski definition) is 3. The maximum Gasteiger partial charge on any atom is 0.315 e. The highest BCUT2D eigenvalue weighted by Gasteiger charge is 2.23. The van der Waals surface area contributed by atoms with E-state index in [0.717, 1.165) is 25.2 Å². The largest absolute Gasteiger partial charge is 0.481 e. The van der Waals surface area contributed by atoms with Gasteiger partial charge in [-0.3, -0.25) is 4.79 Å². The van der Waals surface area contributed by atoms with Crippen molar-refractivity contribution in [3.63, 3.8) is 0 Å². The third kappa shape index (κ3) is 4.82. The monoisotopic (exact) mass is 311 g/mol. The molecular weight excluding hydrogens is 294 g/mol. The fourth-order valence-corrected chi connectivity index (χ4v) is 2.41. The highest BCUT2D eigenvalue weighted by molar-refractivity contribution is 6.30. The molecule has 0 radical (unpaired) electrons. The zero-order chi connectivity index (χ0) is 15.2. The van der Waals surface area contributed by atoms with E-state index in [-0.39, 0.29) is 25.0 Å². The van der Waals surface area contributed by atoms with Gasteiger partial charge in [-0.15, -0.1) is 0 Å². The van der Waals surface area contributed by atoms with Gasteiger partial charge in [0.2, 0.25) is 0 Å². The molecule has 1 fully saturated rings. The van der Waals surface area contributed by atoms with Crippen molar-refractivity contribution < 1.29 is 14.7 Å². The average molecular weight is 312 g/mol. The van der Waals surface area contributed by atoms with Crippen molar-refractivity contribution in [1.29, 1.82) is 0 Å². The molecule has 0 aromatic heterocycles. The second-order valence-electron chi connectivity index (χ2n) is 4.95. The van der Waals surface area contributed by atoms with E-state index in [9.17, 15) is 9.59 Å². The van der Waals surface area contributed by atoms with Crippen molar-refractivity contribution in [3.8, 4) is 0 Å². The van der Waals surface area contributed by atoms with Crippen LogP contribution in [0.5, 0.6) is 0 Å². The summed E-state index contributed by atoms with van der Waals surface area (Å²) in [5, 5.41) is 14.6. The van der Waals surface area contributed by atoms with Gasteiger partial charge in [0.05, 0.1) is 6.42 Å². The van der Waals surface area contributed by atoms with Crippen LogP contribution in [-0.4, -0.2) is 42.8 Å². The third-order valence-corrected chi connectivity index (χ3v) is 3.59. The van der Waals surface area contributed by atoms with Crippen LogP contribution in [0.3, 0.4) is 0 Å². The number of amides is 2. The first kappa shape index (κ1) is 15.4. The topological polar surface area (TPSA) is 81.7 Å². The zero-order valence-electron chi connectivity index (χ0n) is 11.5. The van der Waals surface area contributed by atoms with Gasteiger partial charge in [-0.05, 0) is 30.7 Å². The van der Waals surface area contributed by atoms with Crippen LogP contribution in [-0.2, 0) is 4.79 Å². The van der Waals surface area contributed by atoms with Gasteiger partial charge in [0, 0.05) is 36.4 Å². The van der Waals surface area contributed by atoms with Crippen molar-refractivity contribution in [2.24, 2.45) is 0 Å². The minimum atomic E-state index is -0.926. The van der Waals surface area contributed by atoms with Crippen LogP contribution in [0.4, 0.5) is 10.5 Å². The minimum absolute atomic E-state index is 0.0607. The maximum absolute atomic E-state index is 11.6. The van der Waals surface area contributed by atoms with Gasteiger partial charge < -0.3 is 20.6 Å². The van der Waals surface area contributed by atoms with Gasteiger partial charge in [0.1, 0.15) is 0 Å². The van der Waals surface area contributed by atoms with Crippen molar-refractivity contribution in [1.82, 2.24) is 10.6 Å². The quantitative estimate of drug-likeness (QED) is 0.773. The second-order valence-corrected chi connectivity index (χ2v) is 5.39. The SMILES string of the molecule is O=C(O)CCNC(=O)NC1CCN(c2ccc(Cl)cc2)C1. The Balaban J connectivity index is 1.76. The number of carbonyl (C=O) groups is 2. The first-order chi connectivity index (χ1) is 10.0. The molecule has 0 bridgehead atoms. The van der Waals surface area contributed by atoms with E-state index in [1.165, 1.54) is 0 Å². The Morgan fingerprint density at radius 3 is 2.71 bits per heavy atom. The van der Waals surface area contributed by atoms with Gasteiger partial charge in [0.15, 0.2) is 0 Å². The molecule has 1 aliphatic rings. The number of urea groups is 1. The zero-order valence-corrected chi connectivity index (χ0v) is 12.3. The van der Waals surface area contributed by atoms with Crippen LogP contribution in [0.2, 0.25) is 5.02 Å². The lowest BCUT2D eigenvalue weighted by atomic mass is 10.3. The van der Waals surface area contributed by atoms with Crippen molar-refractivity contribution in [3.05, 3.63) is 29.3 Å². The highest BCUT2D eigenvalue weighted by Crippen LogP contribution is 2.22. The van der Waals surface area contributed by atoms with E-state index in [1.54, 1.807) is 0 Å². The summed E-state index contributed by atoms with van der Waals surface area (Å²) in [7, 11) is 0. The van der Waals surface area contributed by atoms with Crippen LogP contribution in [0.15, 0.2) is 24.3 Å². The fraction of sp³-hybridized carbons (Fsp3) is 0.429. The number of carboxylic acid groups (broad SMARTS) is 1. The Kier molecular flexibility index (Phi) is 5.27. The summed E-state index contributed by atoms with van der Waals surface area (Å²) in [4.78, 5) is 24.2. The van der Waals surface area contributed by atoms with Crippen LogP contribution in [0.1, 0.15) is 12.8 Å². The molecule has 114 valence electrons. The number of hydrogen-bond acceptors (Lipinski definition) is 3. The lowest BCUT2D eigenvalue weighted by molar-refractivity contribution is -0.136. The second kappa shape index (κ2) is 7.17. The molecule has 21 heavy (non-hydrogen) atoms. The third-order valence-electron chi connectivity index (χ3n) is 3.34. The van der Waals surface area contributed by atoms with Gasteiger partial charge >= 0.3 is 12.0 Å². The summed E-state index contributed by atoms with van der Waals surface area (Å²) in [6.45, 7) is 1.73. The number of benzene rings is 1. The number of carboxylic acids is 1. The van der Waals surface area contributed by atoms with Crippen molar-refractivity contribution in [2.45, 2.75) is 18.9 Å². The van der Waals surface area contributed by atoms with E-state index in [1.807, 2.05) is 24.3 Å². The van der Waals surface area contributed by atoms with Crippen LogP contribution in [0.25, 0.3) is 0 Å². The molecule has 3 N–H and O–H groups in total. The Morgan fingerprint density at radius 1 is 1.33 bits per heavy atom. The lowest BCUT2D eigenvalue weighted by Gasteiger charge is -2.19. The smallest absolute Gasteiger partial charge is 0.315 e. The van der Waals surface area contributed by atoms with E-state index in [0.29, 0.717) is 5.02 Å². The van der Waals surface area contributed by atoms with E-state index >= 15 is 0 Å². The molecule has 7 heteroatoms. The molecule has 1 saturated heterocycles. The summed E-state index contributed by atoms with van der Waals surface area (Å²) < 4.78 is 0. The Hall–Kier alpha value is -1.95. The maximum atomic E-state index is 11.6. The average Bonchev–Trinajstić information content (AvgIpc) is 2.87. The molecule has 1 aliphatic heterocycles. The first-order valence-electron chi connectivity index (χ1n) is 6.81. The summed E-state index contributed by atoms with van der Waals surface area (Å²) in [6, 6.07) is 7.34. The number of anilines is 1. The molecule has 0 saturated carbocycles. The molecule has 2 rings (SSSR count). The number of nitrogens with one attached hydrogen (secondary N) is 2. The van der Waals surface area contributed by atoms with Crippen molar-refractivity contribution >= 4 is 29.3 Å². The summed E-state index contributed by atoms with van der Waals surface area (Å²) in [6.07, 6.45) is 0.782. The van der Waals surface area contributed by atoms with Crippen LogP contribution in [0, 0.1) is 0 Å². The predicted octanol–water partition coefficient (Wildman–Crippen LogP) is 1.69. The molecule has 1 unspecified atom stereocenters. The molecule has 0 spiro atoms. The number of rotatable bonds is 5. The van der Waals surface area contributed by atoms with Crippen molar-refractivity contribution in [2.75, 3.05) is 24.5 Å². The molecule has 6 nitrogen and oxygen atoms in total. The molecule has 1 aromatic rings. The molecule has 1 heterocycles. The van der Waals surface area contributed by atoms with Gasteiger partial charge in [0.25, 0.3) is 0 Å². The fourth-order valence-electron chi connectivity index (χ4n) is 2.28. The molecule has 2 amide bonds. The Bertz CT molecular complexity index is 507. The molecule has 1 aromatic carbocycles. The van der Waals surface area contributed by atoms with Gasteiger partial charge in [-0.1, -0.05) is 11.6 Å². The standard InChI is InChI=1S/C14H18ClN3O3/c15-10-1-3-12(4-2-10)18-8-6-11(9-18)17-14(21)16-7-5-13(19)20/h1-4,11H,5-9H2,(H,19,20)(H2,16,17,21). The van der Waals surface area contributed by atoms with Gasteiger partial charge in [-0.25, -0.2) is 4.79 Å². The van der Waals surface area contributed by atoms with Gasteiger partial charge in [-0.2, -0.15) is 0 Å². The lowest BCUT2D eigenvalue weighted by Crippen LogP contribution is -2.43.